The molecule has 4 heteroatoms. The Bertz CT molecular complexity index is 593. The van der Waals surface area contributed by atoms with Crippen molar-refractivity contribution in [1.82, 2.24) is 4.90 Å². The molecule has 3 rings (SSSR count). The Morgan fingerprint density at radius 1 is 1.22 bits per heavy atom. The summed E-state index contributed by atoms with van der Waals surface area (Å²) in [5.74, 6) is 0. The summed E-state index contributed by atoms with van der Waals surface area (Å²) in [6, 6.07) is 9.46. The summed E-state index contributed by atoms with van der Waals surface area (Å²) in [6.07, 6.45) is 1.07. The lowest BCUT2D eigenvalue weighted by Gasteiger charge is -2.43. The van der Waals surface area contributed by atoms with Gasteiger partial charge in [-0.1, -0.05) is 26.8 Å². The van der Waals surface area contributed by atoms with Gasteiger partial charge in [0.1, 0.15) is 6.07 Å². The molecule has 0 unspecified atom stereocenters. The van der Waals surface area contributed by atoms with Gasteiger partial charge in [0.15, 0.2) is 0 Å². The molecule has 0 aromatic heterocycles. The van der Waals surface area contributed by atoms with Crippen LogP contribution in [0, 0.1) is 11.3 Å². The van der Waals surface area contributed by atoms with Crippen LogP contribution in [-0.4, -0.2) is 50.3 Å². The van der Waals surface area contributed by atoms with Crippen molar-refractivity contribution in [3.63, 3.8) is 0 Å². The van der Waals surface area contributed by atoms with Crippen molar-refractivity contribution in [2.45, 2.75) is 38.6 Å². The molecule has 2 fully saturated rings. The maximum Gasteiger partial charge on any atom is 0.101 e. The molecule has 2 aliphatic rings. The third kappa shape index (κ3) is 3.22. The summed E-state index contributed by atoms with van der Waals surface area (Å²) in [4.78, 5) is 4.87. The molecule has 2 aliphatic heterocycles. The van der Waals surface area contributed by atoms with Gasteiger partial charge in [0.05, 0.1) is 30.5 Å². The summed E-state index contributed by atoms with van der Waals surface area (Å²) >= 11 is 0. The molecular formula is C19H27N3O. The topological polar surface area (TPSA) is 39.5 Å². The minimum absolute atomic E-state index is 0.118. The SMILES string of the molecule is CCC(C)(C)c1ccc(N2CCN(C3COC3)CC2)c(C#N)c1. The molecule has 1 aromatic carbocycles. The molecule has 0 spiro atoms. The lowest BCUT2D eigenvalue weighted by atomic mass is 9.81. The number of nitriles is 1. The lowest BCUT2D eigenvalue weighted by Crippen LogP contribution is -2.56. The first kappa shape index (κ1) is 16.3. The van der Waals surface area contributed by atoms with Gasteiger partial charge in [-0.3, -0.25) is 4.90 Å². The van der Waals surface area contributed by atoms with Crippen LogP contribution in [0.2, 0.25) is 0 Å². The number of ether oxygens (including phenoxy) is 1. The van der Waals surface area contributed by atoms with E-state index in [1.54, 1.807) is 0 Å². The normalized spacial score (nSPS) is 20.2. The van der Waals surface area contributed by atoms with Gasteiger partial charge in [0.2, 0.25) is 0 Å². The van der Waals surface area contributed by atoms with E-state index in [2.05, 4.69) is 54.8 Å². The minimum atomic E-state index is 0.118. The van der Waals surface area contributed by atoms with E-state index < -0.39 is 0 Å². The van der Waals surface area contributed by atoms with E-state index in [0.717, 1.165) is 57.1 Å². The second-order valence-electron chi connectivity index (χ2n) is 7.30. The van der Waals surface area contributed by atoms with Crippen LogP contribution in [0.5, 0.6) is 0 Å². The molecule has 1 aromatic rings. The predicted octanol–water partition coefficient (Wildman–Crippen LogP) is 2.77. The first-order chi connectivity index (χ1) is 11.0. The third-order valence-electron chi connectivity index (χ3n) is 5.57. The molecular weight excluding hydrogens is 286 g/mol. The molecule has 0 radical (unpaired) electrons. The number of nitrogens with zero attached hydrogens (tertiary/aromatic N) is 3. The summed E-state index contributed by atoms with van der Waals surface area (Å²) < 4.78 is 5.29. The zero-order chi connectivity index (χ0) is 16.4. The average molecular weight is 313 g/mol. The molecule has 2 heterocycles. The van der Waals surface area contributed by atoms with E-state index in [1.807, 2.05) is 0 Å². The van der Waals surface area contributed by atoms with Crippen LogP contribution in [-0.2, 0) is 10.2 Å². The zero-order valence-electron chi connectivity index (χ0n) is 14.5. The van der Waals surface area contributed by atoms with Crippen molar-refractivity contribution < 1.29 is 4.74 Å². The van der Waals surface area contributed by atoms with Crippen LogP contribution in [0.15, 0.2) is 18.2 Å². The monoisotopic (exact) mass is 313 g/mol. The van der Waals surface area contributed by atoms with Crippen LogP contribution in [0.1, 0.15) is 38.3 Å². The largest absolute Gasteiger partial charge is 0.378 e. The molecule has 23 heavy (non-hydrogen) atoms. The second kappa shape index (κ2) is 6.51. The van der Waals surface area contributed by atoms with Crippen molar-refractivity contribution in [3.05, 3.63) is 29.3 Å². The Morgan fingerprint density at radius 2 is 1.91 bits per heavy atom. The summed E-state index contributed by atoms with van der Waals surface area (Å²) in [6.45, 7) is 12.5. The first-order valence-corrected chi connectivity index (χ1v) is 8.66. The molecule has 0 N–H and O–H groups in total. The van der Waals surface area contributed by atoms with Gasteiger partial charge >= 0.3 is 0 Å². The first-order valence-electron chi connectivity index (χ1n) is 8.66. The zero-order valence-corrected chi connectivity index (χ0v) is 14.5. The number of anilines is 1. The van der Waals surface area contributed by atoms with E-state index >= 15 is 0 Å². The third-order valence-corrected chi connectivity index (χ3v) is 5.57. The maximum atomic E-state index is 9.60. The van der Waals surface area contributed by atoms with E-state index in [0.29, 0.717) is 6.04 Å². The van der Waals surface area contributed by atoms with Crippen LogP contribution in [0.4, 0.5) is 5.69 Å². The van der Waals surface area contributed by atoms with Crippen LogP contribution in [0.3, 0.4) is 0 Å². The van der Waals surface area contributed by atoms with Crippen LogP contribution >= 0.6 is 0 Å². The number of benzene rings is 1. The van der Waals surface area contributed by atoms with E-state index in [9.17, 15) is 5.26 Å². The predicted molar refractivity (Wildman–Crippen MR) is 92.9 cm³/mol. The van der Waals surface area contributed by atoms with E-state index in [-0.39, 0.29) is 5.41 Å². The van der Waals surface area contributed by atoms with Crippen molar-refractivity contribution in [1.29, 1.82) is 5.26 Å². The molecule has 0 atom stereocenters. The smallest absolute Gasteiger partial charge is 0.101 e. The highest BCUT2D eigenvalue weighted by atomic mass is 16.5. The highest BCUT2D eigenvalue weighted by Gasteiger charge is 2.29. The molecule has 0 amide bonds. The fourth-order valence-corrected chi connectivity index (χ4v) is 3.29. The Morgan fingerprint density at radius 3 is 2.43 bits per heavy atom. The van der Waals surface area contributed by atoms with Crippen molar-refractivity contribution in [2.75, 3.05) is 44.3 Å². The standard InChI is InChI=1S/C19H27N3O/c1-4-19(2,3)16-5-6-18(15(11-16)12-20)22-9-7-21(8-10-22)17-13-23-14-17/h5-6,11,17H,4,7-10,13-14H2,1-3H3. The highest BCUT2D eigenvalue weighted by Crippen LogP contribution is 2.31. The van der Waals surface area contributed by atoms with Gasteiger partial charge in [-0.2, -0.15) is 5.26 Å². The minimum Gasteiger partial charge on any atom is -0.378 e. The highest BCUT2D eigenvalue weighted by molar-refractivity contribution is 5.61. The Labute approximate surface area is 139 Å². The second-order valence-corrected chi connectivity index (χ2v) is 7.30. The van der Waals surface area contributed by atoms with Crippen LogP contribution < -0.4 is 4.90 Å². The fraction of sp³-hybridized carbons (Fsp3) is 0.632. The van der Waals surface area contributed by atoms with Gasteiger partial charge in [-0.15, -0.1) is 0 Å². The molecule has 124 valence electrons. The summed E-state index contributed by atoms with van der Waals surface area (Å²) in [5, 5.41) is 9.60. The average Bonchev–Trinajstić information content (AvgIpc) is 2.53. The molecule has 0 bridgehead atoms. The number of hydrogen-bond donors (Lipinski definition) is 0. The van der Waals surface area contributed by atoms with Crippen molar-refractivity contribution >= 4 is 5.69 Å². The Balaban J connectivity index is 1.74. The van der Waals surface area contributed by atoms with Crippen molar-refractivity contribution in [3.8, 4) is 6.07 Å². The fourth-order valence-electron chi connectivity index (χ4n) is 3.29. The van der Waals surface area contributed by atoms with Crippen LogP contribution in [0.25, 0.3) is 0 Å². The van der Waals surface area contributed by atoms with E-state index in [4.69, 9.17) is 4.74 Å². The number of hydrogen-bond acceptors (Lipinski definition) is 4. The van der Waals surface area contributed by atoms with Crippen molar-refractivity contribution in [2.24, 2.45) is 0 Å². The van der Waals surface area contributed by atoms with Gasteiger partial charge in [0.25, 0.3) is 0 Å². The summed E-state index contributed by atoms with van der Waals surface area (Å²) in [5.41, 5.74) is 3.27. The van der Waals surface area contributed by atoms with Gasteiger partial charge in [0, 0.05) is 26.2 Å². The summed E-state index contributed by atoms with van der Waals surface area (Å²) in [7, 11) is 0. The Hall–Kier alpha value is -1.57. The molecule has 4 nitrogen and oxygen atoms in total. The molecule has 0 saturated carbocycles. The lowest BCUT2D eigenvalue weighted by molar-refractivity contribution is -0.0660. The van der Waals surface area contributed by atoms with Gasteiger partial charge in [-0.05, 0) is 29.5 Å². The number of rotatable bonds is 4. The Kier molecular flexibility index (Phi) is 4.61. The molecule has 2 saturated heterocycles. The van der Waals surface area contributed by atoms with E-state index in [1.165, 1.54) is 5.56 Å². The number of piperazine rings is 1. The van der Waals surface area contributed by atoms with Gasteiger partial charge in [-0.25, -0.2) is 0 Å². The van der Waals surface area contributed by atoms with Gasteiger partial charge < -0.3 is 9.64 Å². The maximum absolute atomic E-state index is 9.60. The molecule has 0 aliphatic carbocycles. The quantitative estimate of drug-likeness (QED) is 0.857.